The van der Waals surface area contributed by atoms with E-state index in [1.807, 2.05) is 6.92 Å². The maximum atomic E-state index is 12.1. The number of ether oxygens (including phenoxy) is 1. The van der Waals surface area contributed by atoms with Gasteiger partial charge < -0.3 is 15.4 Å². The summed E-state index contributed by atoms with van der Waals surface area (Å²) in [6, 6.07) is 0.449. The summed E-state index contributed by atoms with van der Waals surface area (Å²) in [5, 5.41) is 6.63. The van der Waals surface area contributed by atoms with Gasteiger partial charge in [-0.15, -0.1) is 0 Å². The van der Waals surface area contributed by atoms with Gasteiger partial charge in [-0.05, 0) is 39.0 Å². The molecule has 0 aromatic rings. The van der Waals surface area contributed by atoms with E-state index in [9.17, 15) is 8.42 Å². The minimum absolute atomic E-state index is 0.000953. The molecule has 0 amide bonds. The van der Waals surface area contributed by atoms with E-state index >= 15 is 0 Å². The summed E-state index contributed by atoms with van der Waals surface area (Å²) >= 11 is 0. The van der Waals surface area contributed by atoms with Crippen molar-refractivity contribution in [3.63, 3.8) is 0 Å². The molecule has 2 aliphatic rings. The van der Waals surface area contributed by atoms with Crippen molar-refractivity contribution in [2.75, 3.05) is 32.0 Å². The van der Waals surface area contributed by atoms with Crippen LogP contribution in [-0.4, -0.2) is 58.5 Å². The van der Waals surface area contributed by atoms with Gasteiger partial charge in [0.15, 0.2) is 5.96 Å². The molecule has 146 valence electrons. The van der Waals surface area contributed by atoms with Crippen LogP contribution in [0.15, 0.2) is 4.99 Å². The fraction of sp³-hybridized carbons (Fsp3) is 0.941. The van der Waals surface area contributed by atoms with Crippen molar-refractivity contribution >= 4 is 16.0 Å². The maximum Gasteiger partial charge on any atom is 0.213 e. The minimum atomic E-state index is -3.32. The largest absolute Gasteiger partial charge is 0.377 e. The van der Waals surface area contributed by atoms with E-state index in [2.05, 4.69) is 20.3 Å². The van der Waals surface area contributed by atoms with E-state index in [1.165, 1.54) is 19.3 Å². The third kappa shape index (κ3) is 8.37. The standard InChI is InChI=1S/C17H34N4O3S/c1-2-18-17(21-15-8-4-3-5-9-15)19-11-13-25(22,23)20-14-16-10-6-7-12-24-16/h15-16,20H,2-14H2,1H3,(H2,18,19,21). The Balaban J connectivity index is 1.74. The lowest BCUT2D eigenvalue weighted by Gasteiger charge is -2.25. The first-order valence-corrected chi connectivity index (χ1v) is 11.4. The average Bonchev–Trinajstić information content (AvgIpc) is 2.62. The van der Waals surface area contributed by atoms with E-state index in [0.29, 0.717) is 12.6 Å². The van der Waals surface area contributed by atoms with Crippen LogP contribution in [-0.2, 0) is 14.8 Å². The van der Waals surface area contributed by atoms with Crippen LogP contribution in [0.1, 0.15) is 58.3 Å². The van der Waals surface area contributed by atoms with Gasteiger partial charge in [-0.3, -0.25) is 4.99 Å². The van der Waals surface area contributed by atoms with Gasteiger partial charge in [0, 0.05) is 25.7 Å². The molecule has 7 nitrogen and oxygen atoms in total. The van der Waals surface area contributed by atoms with Crippen molar-refractivity contribution in [1.82, 2.24) is 15.4 Å². The molecule has 1 aliphatic carbocycles. The lowest BCUT2D eigenvalue weighted by Crippen LogP contribution is -2.44. The first-order valence-electron chi connectivity index (χ1n) is 9.73. The van der Waals surface area contributed by atoms with Gasteiger partial charge in [-0.1, -0.05) is 19.3 Å². The predicted molar refractivity (Wildman–Crippen MR) is 101 cm³/mol. The Morgan fingerprint density at radius 3 is 2.56 bits per heavy atom. The highest BCUT2D eigenvalue weighted by Crippen LogP contribution is 2.17. The molecule has 8 heteroatoms. The summed E-state index contributed by atoms with van der Waals surface area (Å²) in [5.41, 5.74) is 0. The number of hydrogen-bond acceptors (Lipinski definition) is 4. The highest BCUT2D eigenvalue weighted by molar-refractivity contribution is 7.89. The molecule has 3 N–H and O–H groups in total. The van der Waals surface area contributed by atoms with E-state index < -0.39 is 10.0 Å². The van der Waals surface area contributed by atoms with Crippen LogP contribution >= 0.6 is 0 Å². The number of nitrogens with one attached hydrogen (secondary N) is 3. The van der Waals surface area contributed by atoms with Crippen LogP contribution in [0.4, 0.5) is 0 Å². The zero-order valence-corrected chi connectivity index (χ0v) is 16.2. The Kier molecular flexibility index (Phi) is 8.98. The van der Waals surface area contributed by atoms with E-state index in [1.54, 1.807) is 0 Å². The Bertz CT molecular complexity index is 498. The molecular formula is C17H34N4O3S. The van der Waals surface area contributed by atoms with Gasteiger partial charge in [-0.2, -0.15) is 0 Å². The number of nitrogens with zero attached hydrogens (tertiary/aromatic N) is 1. The van der Waals surface area contributed by atoms with Gasteiger partial charge in [-0.25, -0.2) is 13.1 Å². The van der Waals surface area contributed by atoms with Crippen LogP contribution in [0.5, 0.6) is 0 Å². The first kappa shape index (κ1) is 20.5. The summed E-state index contributed by atoms with van der Waals surface area (Å²) < 4.78 is 32.5. The fourth-order valence-corrected chi connectivity index (χ4v) is 4.21. The molecule has 1 saturated heterocycles. The van der Waals surface area contributed by atoms with Crippen molar-refractivity contribution in [2.45, 2.75) is 70.4 Å². The van der Waals surface area contributed by atoms with Crippen LogP contribution in [0.25, 0.3) is 0 Å². The molecule has 1 unspecified atom stereocenters. The van der Waals surface area contributed by atoms with Crippen LogP contribution < -0.4 is 15.4 Å². The summed E-state index contributed by atoms with van der Waals surface area (Å²) in [6.07, 6.45) is 9.23. The smallest absolute Gasteiger partial charge is 0.213 e. The summed E-state index contributed by atoms with van der Waals surface area (Å²) in [7, 11) is -3.32. The summed E-state index contributed by atoms with van der Waals surface area (Å²) in [4.78, 5) is 4.43. The quantitative estimate of drug-likeness (QED) is 0.441. The topological polar surface area (TPSA) is 91.8 Å². The van der Waals surface area contributed by atoms with Crippen LogP contribution in [0, 0.1) is 0 Å². The zero-order chi connectivity index (χ0) is 18.0. The molecule has 1 atom stereocenters. The normalized spacial score (nSPS) is 23.4. The third-order valence-corrected chi connectivity index (χ3v) is 6.05. The Hall–Kier alpha value is -0.860. The minimum Gasteiger partial charge on any atom is -0.377 e. The van der Waals surface area contributed by atoms with Crippen molar-refractivity contribution < 1.29 is 13.2 Å². The Morgan fingerprint density at radius 1 is 1.12 bits per heavy atom. The number of guanidine groups is 1. The number of aliphatic imine (C=N–C) groups is 1. The lowest BCUT2D eigenvalue weighted by molar-refractivity contribution is 0.0200. The second kappa shape index (κ2) is 11.0. The SMILES string of the molecule is CCNC(=NCCS(=O)(=O)NCC1CCCCO1)NC1CCCCC1. The van der Waals surface area contributed by atoms with Gasteiger partial charge in [0.25, 0.3) is 0 Å². The predicted octanol–water partition coefficient (Wildman–Crippen LogP) is 1.36. The molecule has 0 aromatic carbocycles. The molecular weight excluding hydrogens is 340 g/mol. The van der Waals surface area contributed by atoms with Crippen molar-refractivity contribution in [3.8, 4) is 0 Å². The molecule has 0 bridgehead atoms. The van der Waals surface area contributed by atoms with Gasteiger partial charge in [0.1, 0.15) is 0 Å². The summed E-state index contributed by atoms with van der Waals surface area (Å²) in [6.45, 7) is 4.13. The highest BCUT2D eigenvalue weighted by atomic mass is 32.2. The molecule has 1 saturated carbocycles. The molecule has 2 rings (SSSR count). The van der Waals surface area contributed by atoms with Crippen molar-refractivity contribution in [2.24, 2.45) is 4.99 Å². The number of hydrogen-bond donors (Lipinski definition) is 3. The van der Waals surface area contributed by atoms with Crippen LogP contribution in [0.2, 0.25) is 0 Å². The molecule has 0 aromatic heterocycles. The third-order valence-electron chi connectivity index (χ3n) is 4.73. The van der Waals surface area contributed by atoms with E-state index in [4.69, 9.17) is 4.74 Å². The van der Waals surface area contributed by atoms with E-state index in [0.717, 1.165) is 51.2 Å². The Labute approximate surface area is 152 Å². The molecule has 2 fully saturated rings. The van der Waals surface area contributed by atoms with Crippen LogP contribution in [0.3, 0.4) is 0 Å². The molecule has 0 radical (unpaired) electrons. The average molecular weight is 375 g/mol. The van der Waals surface area contributed by atoms with Crippen molar-refractivity contribution in [3.05, 3.63) is 0 Å². The monoisotopic (exact) mass is 374 g/mol. The molecule has 1 aliphatic heterocycles. The second-order valence-corrected chi connectivity index (χ2v) is 8.82. The number of sulfonamides is 1. The Morgan fingerprint density at radius 2 is 1.88 bits per heavy atom. The second-order valence-electron chi connectivity index (χ2n) is 6.90. The zero-order valence-electron chi connectivity index (χ0n) is 15.4. The maximum absolute atomic E-state index is 12.1. The fourth-order valence-electron chi connectivity index (χ4n) is 3.30. The summed E-state index contributed by atoms with van der Waals surface area (Å²) in [5.74, 6) is 0.723. The van der Waals surface area contributed by atoms with E-state index in [-0.39, 0.29) is 18.4 Å². The first-order chi connectivity index (χ1) is 12.1. The molecule has 1 heterocycles. The van der Waals surface area contributed by atoms with Crippen molar-refractivity contribution in [1.29, 1.82) is 0 Å². The highest BCUT2D eigenvalue weighted by Gasteiger charge is 2.18. The van der Waals surface area contributed by atoms with Gasteiger partial charge in [0.05, 0.1) is 18.4 Å². The molecule has 0 spiro atoms. The number of rotatable bonds is 8. The van der Waals surface area contributed by atoms with Gasteiger partial charge in [0.2, 0.25) is 10.0 Å². The van der Waals surface area contributed by atoms with Gasteiger partial charge >= 0.3 is 0 Å². The molecule has 25 heavy (non-hydrogen) atoms. The lowest BCUT2D eigenvalue weighted by atomic mass is 9.96.